The quantitative estimate of drug-likeness (QED) is 0.869. The van der Waals surface area contributed by atoms with Gasteiger partial charge in [0.15, 0.2) is 11.4 Å². The number of nitrogens with two attached hydrogens (primary N) is 1. The largest absolute Gasteiger partial charge is 0.454 e. The smallest absolute Gasteiger partial charge is 0.183 e. The molecule has 4 heteroatoms. The third kappa shape index (κ3) is 2.60. The molecule has 0 spiro atoms. The first-order chi connectivity index (χ1) is 8.33. The van der Waals surface area contributed by atoms with Gasteiger partial charge in [-0.2, -0.15) is 5.26 Å². The molecule has 2 aromatic rings. The van der Waals surface area contributed by atoms with E-state index in [9.17, 15) is 0 Å². The highest BCUT2D eigenvalue weighted by atomic mass is 16.5. The first-order valence-corrected chi connectivity index (χ1v) is 5.15. The lowest BCUT2D eigenvalue weighted by atomic mass is 10.2. The van der Waals surface area contributed by atoms with E-state index in [-0.39, 0.29) is 5.69 Å². The van der Waals surface area contributed by atoms with E-state index in [1.807, 2.05) is 30.3 Å². The number of nitriles is 1. The lowest BCUT2D eigenvalue weighted by molar-refractivity contribution is 0.477. The molecule has 2 N–H and O–H groups in total. The summed E-state index contributed by atoms with van der Waals surface area (Å²) in [6.07, 6.45) is 1.56. The fourth-order valence-electron chi connectivity index (χ4n) is 1.42. The summed E-state index contributed by atoms with van der Waals surface area (Å²) in [5.41, 5.74) is 6.79. The molecule has 0 aliphatic rings. The van der Waals surface area contributed by atoms with Gasteiger partial charge < -0.3 is 10.5 Å². The zero-order valence-corrected chi connectivity index (χ0v) is 9.13. The maximum atomic E-state index is 8.88. The Labute approximate surface area is 99.3 Å². The molecule has 1 aromatic carbocycles. The lowest BCUT2D eigenvalue weighted by Gasteiger charge is -2.07. The molecule has 1 heterocycles. The number of nitrogens with zero attached hydrogens (tertiary/aromatic N) is 2. The molecule has 0 saturated heterocycles. The monoisotopic (exact) mass is 225 g/mol. The van der Waals surface area contributed by atoms with Crippen LogP contribution in [-0.4, -0.2) is 4.98 Å². The van der Waals surface area contributed by atoms with Crippen molar-refractivity contribution in [1.29, 1.82) is 5.26 Å². The van der Waals surface area contributed by atoms with Gasteiger partial charge in [-0.1, -0.05) is 12.1 Å². The number of rotatable bonds is 3. The molecule has 2 rings (SSSR count). The number of hydrogen-bond donors (Lipinski definition) is 1. The second-order valence-electron chi connectivity index (χ2n) is 3.42. The van der Waals surface area contributed by atoms with Crippen molar-refractivity contribution in [3.05, 3.63) is 53.9 Å². The Morgan fingerprint density at radius 2 is 2.18 bits per heavy atom. The topological polar surface area (TPSA) is 71.9 Å². The van der Waals surface area contributed by atoms with Crippen molar-refractivity contribution in [2.75, 3.05) is 0 Å². The molecule has 17 heavy (non-hydrogen) atoms. The predicted octanol–water partition coefficient (Wildman–Crippen LogP) is 2.20. The lowest BCUT2D eigenvalue weighted by Crippen LogP contribution is -1.96. The number of ether oxygens (including phenoxy) is 1. The average molecular weight is 225 g/mol. The highest BCUT2D eigenvalue weighted by Crippen LogP contribution is 2.23. The summed E-state index contributed by atoms with van der Waals surface area (Å²) in [5, 5.41) is 8.88. The van der Waals surface area contributed by atoms with E-state index in [1.165, 1.54) is 0 Å². The fourth-order valence-corrected chi connectivity index (χ4v) is 1.42. The van der Waals surface area contributed by atoms with Gasteiger partial charge in [-0.05, 0) is 29.8 Å². The third-order valence-electron chi connectivity index (χ3n) is 2.24. The summed E-state index contributed by atoms with van der Waals surface area (Å²) in [5.74, 6) is 1.10. The van der Waals surface area contributed by atoms with Crippen molar-refractivity contribution in [3.8, 4) is 17.6 Å². The number of hydrogen-bond acceptors (Lipinski definition) is 4. The number of pyridine rings is 1. The summed E-state index contributed by atoms with van der Waals surface area (Å²) in [7, 11) is 0. The van der Waals surface area contributed by atoms with E-state index in [0.717, 1.165) is 5.56 Å². The maximum absolute atomic E-state index is 8.88. The van der Waals surface area contributed by atoms with Crippen molar-refractivity contribution >= 4 is 0 Å². The summed E-state index contributed by atoms with van der Waals surface area (Å²) in [6, 6.07) is 12.9. The predicted molar refractivity (Wildman–Crippen MR) is 63.4 cm³/mol. The van der Waals surface area contributed by atoms with Crippen LogP contribution in [0.4, 0.5) is 0 Å². The molecule has 0 amide bonds. The number of benzene rings is 1. The van der Waals surface area contributed by atoms with Crippen molar-refractivity contribution < 1.29 is 4.74 Å². The first kappa shape index (κ1) is 11.1. The van der Waals surface area contributed by atoms with Crippen LogP contribution in [0.25, 0.3) is 0 Å². The van der Waals surface area contributed by atoms with Gasteiger partial charge in [0.05, 0.1) is 0 Å². The number of aromatic nitrogens is 1. The Bertz CT molecular complexity index is 561. The molecule has 0 aliphatic carbocycles. The van der Waals surface area contributed by atoms with E-state index >= 15 is 0 Å². The minimum Gasteiger partial charge on any atom is -0.454 e. The molecule has 0 fully saturated rings. The van der Waals surface area contributed by atoms with E-state index in [2.05, 4.69) is 4.98 Å². The minimum atomic E-state index is 0.269. The van der Waals surface area contributed by atoms with Crippen molar-refractivity contribution in [2.45, 2.75) is 6.54 Å². The van der Waals surface area contributed by atoms with Crippen LogP contribution in [0.3, 0.4) is 0 Å². The average Bonchev–Trinajstić information content (AvgIpc) is 2.39. The molecular formula is C13H11N3O. The second kappa shape index (κ2) is 5.10. The van der Waals surface area contributed by atoms with Crippen LogP contribution in [0.5, 0.6) is 11.5 Å². The Morgan fingerprint density at radius 3 is 2.94 bits per heavy atom. The molecule has 4 nitrogen and oxygen atoms in total. The second-order valence-corrected chi connectivity index (χ2v) is 3.42. The maximum Gasteiger partial charge on any atom is 0.183 e. The summed E-state index contributed by atoms with van der Waals surface area (Å²) < 4.78 is 5.60. The molecule has 84 valence electrons. The minimum absolute atomic E-state index is 0.269. The van der Waals surface area contributed by atoms with Crippen molar-refractivity contribution in [2.24, 2.45) is 5.73 Å². The van der Waals surface area contributed by atoms with Crippen LogP contribution < -0.4 is 10.5 Å². The van der Waals surface area contributed by atoms with E-state index < -0.39 is 0 Å². The SMILES string of the molecule is N#Cc1ncccc1Oc1cccc(CN)c1. The Balaban J connectivity index is 2.28. The van der Waals surface area contributed by atoms with Gasteiger partial charge in [0.25, 0.3) is 0 Å². The van der Waals surface area contributed by atoms with Crippen LogP contribution >= 0.6 is 0 Å². The van der Waals surface area contributed by atoms with E-state index in [4.69, 9.17) is 15.7 Å². The Morgan fingerprint density at radius 1 is 1.29 bits per heavy atom. The van der Waals surface area contributed by atoms with Crippen LogP contribution in [-0.2, 0) is 6.54 Å². The van der Waals surface area contributed by atoms with Crippen LogP contribution in [0.2, 0.25) is 0 Å². The molecular weight excluding hydrogens is 214 g/mol. The molecule has 0 bridgehead atoms. The third-order valence-corrected chi connectivity index (χ3v) is 2.24. The molecule has 0 unspecified atom stereocenters. The van der Waals surface area contributed by atoms with Crippen molar-refractivity contribution in [3.63, 3.8) is 0 Å². The zero-order chi connectivity index (χ0) is 12.1. The first-order valence-electron chi connectivity index (χ1n) is 5.15. The Hall–Kier alpha value is -2.38. The standard InChI is InChI=1S/C13H11N3O/c14-8-10-3-1-4-11(7-10)17-13-5-2-6-16-12(13)9-15/h1-7H,8,14H2. The van der Waals surface area contributed by atoms with E-state index in [1.54, 1.807) is 18.3 Å². The summed E-state index contributed by atoms with van der Waals surface area (Å²) in [6.45, 7) is 0.454. The van der Waals surface area contributed by atoms with Crippen molar-refractivity contribution in [1.82, 2.24) is 4.98 Å². The van der Waals surface area contributed by atoms with Gasteiger partial charge in [-0.15, -0.1) is 0 Å². The summed E-state index contributed by atoms with van der Waals surface area (Å²) >= 11 is 0. The molecule has 0 aliphatic heterocycles. The van der Waals surface area contributed by atoms with Gasteiger partial charge >= 0.3 is 0 Å². The highest BCUT2D eigenvalue weighted by Gasteiger charge is 2.04. The Kier molecular flexibility index (Phi) is 3.34. The normalized spacial score (nSPS) is 9.65. The molecule has 0 saturated carbocycles. The van der Waals surface area contributed by atoms with Crippen LogP contribution in [0.15, 0.2) is 42.6 Å². The summed E-state index contributed by atoms with van der Waals surface area (Å²) in [4.78, 5) is 3.93. The molecule has 0 radical (unpaired) electrons. The molecule has 1 aromatic heterocycles. The van der Waals surface area contributed by atoms with Gasteiger partial charge in [-0.25, -0.2) is 4.98 Å². The van der Waals surface area contributed by atoms with Gasteiger partial charge in [0.1, 0.15) is 11.8 Å². The van der Waals surface area contributed by atoms with Crippen LogP contribution in [0, 0.1) is 11.3 Å². The van der Waals surface area contributed by atoms with Gasteiger partial charge in [0.2, 0.25) is 0 Å². The van der Waals surface area contributed by atoms with Gasteiger partial charge in [0, 0.05) is 12.7 Å². The zero-order valence-electron chi connectivity index (χ0n) is 9.13. The van der Waals surface area contributed by atoms with Crippen LogP contribution in [0.1, 0.15) is 11.3 Å². The van der Waals surface area contributed by atoms with Gasteiger partial charge in [-0.3, -0.25) is 0 Å². The fraction of sp³-hybridized carbons (Fsp3) is 0.0769. The van der Waals surface area contributed by atoms with E-state index in [0.29, 0.717) is 18.0 Å². The molecule has 0 atom stereocenters. The highest BCUT2D eigenvalue weighted by molar-refractivity contribution is 5.40.